The number of nitrogens with zero attached hydrogens (tertiary/aromatic N) is 1. The zero-order chi connectivity index (χ0) is 15.2. The van der Waals surface area contributed by atoms with E-state index >= 15 is 0 Å². The second kappa shape index (κ2) is 9.33. The third-order valence-electron chi connectivity index (χ3n) is 3.86. The zero-order valence-electron chi connectivity index (χ0n) is 13.3. The lowest BCUT2D eigenvalue weighted by Gasteiger charge is -2.30. The molecule has 0 aliphatic carbocycles. The van der Waals surface area contributed by atoms with Crippen molar-refractivity contribution in [2.75, 3.05) is 39.1 Å². The summed E-state index contributed by atoms with van der Waals surface area (Å²) in [4.78, 5) is 2.51. The summed E-state index contributed by atoms with van der Waals surface area (Å²) in [6, 6.07) is 3.42. The molecule has 4 nitrogen and oxygen atoms in total. The fourth-order valence-corrected chi connectivity index (χ4v) is 3.11. The van der Waals surface area contributed by atoms with E-state index in [0.717, 1.165) is 18.9 Å². The Kier molecular flexibility index (Phi) is 8.15. The van der Waals surface area contributed by atoms with E-state index in [1.807, 2.05) is 0 Å². The summed E-state index contributed by atoms with van der Waals surface area (Å²) in [6.07, 6.45) is 3.64. The number of methoxy groups -OCH3 is 1. The summed E-state index contributed by atoms with van der Waals surface area (Å²) in [7, 11) is 1.59. The van der Waals surface area contributed by atoms with Crippen molar-refractivity contribution >= 4 is 29.7 Å². The molecule has 0 saturated carbocycles. The molecule has 1 aliphatic rings. The quantitative estimate of drug-likeness (QED) is 0.626. The second-order valence-electron chi connectivity index (χ2n) is 5.78. The number of likely N-dealkylation sites (tertiary alicyclic amines) is 1. The molecule has 1 saturated heterocycles. The molecule has 22 heavy (non-hydrogen) atoms. The van der Waals surface area contributed by atoms with E-state index < -0.39 is 0 Å². The second-order valence-corrected chi connectivity index (χ2v) is 6.19. The molecular formula is C16H26Cl2N2O2. The Morgan fingerprint density at radius 1 is 1.41 bits per heavy atom. The highest BCUT2D eigenvalue weighted by Crippen LogP contribution is 2.37. The van der Waals surface area contributed by atoms with Crippen LogP contribution in [-0.2, 0) is 0 Å². The van der Waals surface area contributed by atoms with Crippen LogP contribution in [0.25, 0.3) is 0 Å². The number of anilines is 1. The monoisotopic (exact) mass is 348 g/mol. The van der Waals surface area contributed by atoms with E-state index in [2.05, 4.69) is 11.8 Å². The van der Waals surface area contributed by atoms with Crippen LogP contribution >= 0.6 is 24.0 Å². The third kappa shape index (κ3) is 5.41. The number of nitrogen functional groups attached to an aromatic ring is 1. The largest absolute Gasteiger partial charge is 0.493 e. The summed E-state index contributed by atoms with van der Waals surface area (Å²) in [5.74, 6) is 1.98. The van der Waals surface area contributed by atoms with E-state index in [1.165, 1.54) is 25.9 Å². The maximum Gasteiger partial charge on any atom is 0.179 e. The fraction of sp³-hybridized carbons (Fsp3) is 0.625. The van der Waals surface area contributed by atoms with Gasteiger partial charge in [-0.05, 0) is 37.8 Å². The SMILES string of the molecule is COc1cc(N)cc(Cl)c1OCCCN1CCCC(C)C1.Cl. The minimum atomic E-state index is 0. The summed E-state index contributed by atoms with van der Waals surface area (Å²) in [6.45, 7) is 6.42. The van der Waals surface area contributed by atoms with Crippen LogP contribution in [0.15, 0.2) is 12.1 Å². The highest BCUT2D eigenvalue weighted by Gasteiger charge is 2.16. The van der Waals surface area contributed by atoms with Gasteiger partial charge in [-0.15, -0.1) is 12.4 Å². The number of hydrogen-bond donors (Lipinski definition) is 1. The normalized spacial score (nSPS) is 18.6. The molecule has 1 heterocycles. The van der Waals surface area contributed by atoms with Gasteiger partial charge in [0.15, 0.2) is 11.5 Å². The molecule has 1 aliphatic heterocycles. The van der Waals surface area contributed by atoms with Crippen LogP contribution in [0.5, 0.6) is 11.5 Å². The molecule has 1 atom stereocenters. The highest BCUT2D eigenvalue weighted by molar-refractivity contribution is 6.32. The molecule has 0 bridgehead atoms. The van der Waals surface area contributed by atoms with Crippen molar-refractivity contribution in [1.82, 2.24) is 4.90 Å². The van der Waals surface area contributed by atoms with Crippen LogP contribution in [-0.4, -0.2) is 38.3 Å². The maximum atomic E-state index is 6.16. The van der Waals surface area contributed by atoms with Gasteiger partial charge in [-0.2, -0.15) is 0 Å². The summed E-state index contributed by atoms with van der Waals surface area (Å²) < 4.78 is 11.1. The van der Waals surface area contributed by atoms with Gasteiger partial charge in [0.1, 0.15) is 0 Å². The fourth-order valence-electron chi connectivity index (χ4n) is 2.83. The van der Waals surface area contributed by atoms with Crippen molar-refractivity contribution in [2.24, 2.45) is 5.92 Å². The predicted molar refractivity (Wildman–Crippen MR) is 94.6 cm³/mol. The lowest BCUT2D eigenvalue weighted by molar-refractivity contribution is 0.169. The molecule has 2 N–H and O–H groups in total. The number of benzene rings is 1. The molecule has 2 rings (SSSR count). The van der Waals surface area contributed by atoms with E-state index in [9.17, 15) is 0 Å². The van der Waals surface area contributed by atoms with Gasteiger partial charge in [0.2, 0.25) is 0 Å². The molecule has 1 fully saturated rings. The van der Waals surface area contributed by atoms with Crippen molar-refractivity contribution in [2.45, 2.75) is 26.2 Å². The highest BCUT2D eigenvalue weighted by atomic mass is 35.5. The predicted octanol–water partition coefficient (Wildman–Crippen LogP) is 3.85. The number of piperidine rings is 1. The van der Waals surface area contributed by atoms with Gasteiger partial charge in [0.25, 0.3) is 0 Å². The van der Waals surface area contributed by atoms with Crippen LogP contribution < -0.4 is 15.2 Å². The van der Waals surface area contributed by atoms with Gasteiger partial charge in [-0.1, -0.05) is 18.5 Å². The lowest BCUT2D eigenvalue weighted by atomic mass is 10.0. The molecule has 0 radical (unpaired) electrons. The first-order valence-corrected chi connectivity index (χ1v) is 7.96. The first-order chi connectivity index (χ1) is 10.1. The van der Waals surface area contributed by atoms with Gasteiger partial charge in [-0.25, -0.2) is 0 Å². The Morgan fingerprint density at radius 2 is 2.18 bits per heavy atom. The van der Waals surface area contributed by atoms with Crippen molar-refractivity contribution < 1.29 is 9.47 Å². The summed E-state index contributed by atoms with van der Waals surface area (Å²) >= 11 is 6.16. The van der Waals surface area contributed by atoms with Gasteiger partial charge >= 0.3 is 0 Å². The first kappa shape index (κ1) is 19.2. The van der Waals surface area contributed by atoms with Crippen molar-refractivity contribution in [3.63, 3.8) is 0 Å². The van der Waals surface area contributed by atoms with E-state index in [1.54, 1.807) is 19.2 Å². The number of ether oxygens (including phenoxy) is 2. The Labute approximate surface area is 144 Å². The van der Waals surface area contributed by atoms with Crippen molar-refractivity contribution in [1.29, 1.82) is 0 Å². The van der Waals surface area contributed by atoms with Gasteiger partial charge in [0.05, 0.1) is 18.7 Å². The van der Waals surface area contributed by atoms with E-state index in [-0.39, 0.29) is 12.4 Å². The number of hydrogen-bond acceptors (Lipinski definition) is 4. The summed E-state index contributed by atoms with van der Waals surface area (Å²) in [5, 5.41) is 0.499. The van der Waals surface area contributed by atoms with Gasteiger partial charge < -0.3 is 20.1 Å². The lowest BCUT2D eigenvalue weighted by Crippen LogP contribution is -2.35. The van der Waals surface area contributed by atoms with Gasteiger partial charge in [0, 0.05) is 24.8 Å². The Hall–Kier alpha value is -0.840. The Bertz CT molecular complexity index is 472. The molecule has 0 spiro atoms. The molecule has 126 valence electrons. The molecule has 0 amide bonds. The Balaban J connectivity index is 0.00000242. The molecule has 1 aromatic rings. The zero-order valence-corrected chi connectivity index (χ0v) is 14.9. The van der Waals surface area contributed by atoms with E-state index in [4.69, 9.17) is 26.8 Å². The minimum Gasteiger partial charge on any atom is -0.493 e. The first-order valence-electron chi connectivity index (χ1n) is 7.58. The van der Waals surface area contributed by atoms with Crippen LogP contribution in [0.1, 0.15) is 26.2 Å². The van der Waals surface area contributed by atoms with Crippen molar-refractivity contribution in [3.05, 3.63) is 17.2 Å². The molecule has 6 heteroatoms. The van der Waals surface area contributed by atoms with Crippen LogP contribution in [0, 0.1) is 5.92 Å². The average Bonchev–Trinajstić information content (AvgIpc) is 2.44. The average molecular weight is 349 g/mol. The summed E-state index contributed by atoms with van der Waals surface area (Å²) in [5.41, 5.74) is 6.32. The maximum absolute atomic E-state index is 6.16. The van der Waals surface area contributed by atoms with E-state index in [0.29, 0.717) is 28.8 Å². The topological polar surface area (TPSA) is 47.7 Å². The number of rotatable bonds is 6. The van der Waals surface area contributed by atoms with Gasteiger partial charge in [-0.3, -0.25) is 0 Å². The molecular weight excluding hydrogens is 323 g/mol. The van der Waals surface area contributed by atoms with Crippen molar-refractivity contribution in [3.8, 4) is 11.5 Å². The Morgan fingerprint density at radius 3 is 2.86 bits per heavy atom. The van der Waals surface area contributed by atoms with Crippen LogP contribution in [0.2, 0.25) is 5.02 Å². The van der Waals surface area contributed by atoms with Crippen LogP contribution in [0.3, 0.4) is 0 Å². The standard InChI is InChI=1S/C16H25ClN2O2.ClH/c1-12-5-3-6-19(11-12)7-4-8-21-16-14(17)9-13(18)10-15(16)20-2;/h9-10,12H,3-8,11,18H2,1-2H3;1H. The molecule has 1 aromatic carbocycles. The van der Waals surface area contributed by atoms with Crippen LogP contribution in [0.4, 0.5) is 5.69 Å². The molecule has 1 unspecified atom stereocenters. The smallest absolute Gasteiger partial charge is 0.179 e. The molecule has 0 aromatic heterocycles. The number of halogens is 2. The third-order valence-corrected chi connectivity index (χ3v) is 4.14. The minimum absolute atomic E-state index is 0. The number of nitrogens with two attached hydrogens (primary N) is 1.